The second-order valence-corrected chi connectivity index (χ2v) is 5.00. The SMILES string of the molecule is CNc1nc(-c2ccccc2OC(F)F)nc(C)c1I. The maximum absolute atomic E-state index is 12.4. The van der Waals surface area contributed by atoms with Crippen LogP contribution in [0.25, 0.3) is 11.4 Å². The lowest BCUT2D eigenvalue weighted by Gasteiger charge is -2.12. The number of benzene rings is 1. The van der Waals surface area contributed by atoms with Crippen LogP contribution in [0.2, 0.25) is 0 Å². The minimum atomic E-state index is -2.88. The fraction of sp³-hybridized carbons (Fsp3) is 0.231. The van der Waals surface area contributed by atoms with Crippen LogP contribution >= 0.6 is 22.6 Å². The number of hydrogen-bond donors (Lipinski definition) is 1. The van der Waals surface area contributed by atoms with E-state index >= 15 is 0 Å². The summed E-state index contributed by atoms with van der Waals surface area (Å²) < 4.78 is 30.3. The van der Waals surface area contributed by atoms with Gasteiger partial charge in [0.25, 0.3) is 0 Å². The molecule has 0 aliphatic heterocycles. The molecule has 20 heavy (non-hydrogen) atoms. The molecule has 7 heteroatoms. The van der Waals surface area contributed by atoms with E-state index in [1.807, 2.05) is 6.92 Å². The molecule has 1 aromatic heterocycles. The fourth-order valence-corrected chi connectivity index (χ4v) is 2.21. The Morgan fingerprint density at radius 3 is 2.60 bits per heavy atom. The molecule has 2 aromatic rings. The van der Waals surface area contributed by atoms with Crippen LogP contribution in [0.15, 0.2) is 24.3 Å². The van der Waals surface area contributed by atoms with Crippen LogP contribution in [0.1, 0.15) is 5.69 Å². The molecule has 0 saturated heterocycles. The summed E-state index contributed by atoms with van der Waals surface area (Å²) in [6.07, 6.45) is 0. The summed E-state index contributed by atoms with van der Waals surface area (Å²) in [4.78, 5) is 8.67. The molecule has 106 valence electrons. The zero-order valence-electron chi connectivity index (χ0n) is 10.8. The van der Waals surface area contributed by atoms with Crippen molar-refractivity contribution in [1.82, 2.24) is 9.97 Å². The fourth-order valence-electron chi connectivity index (χ4n) is 1.70. The van der Waals surface area contributed by atoms with Gasteiger partial charge in [-0.3, -0.25) is 0 Å². The van der Waals surface area contributed by atoms with Crippen molar-refractivity contribution in [1.29, 1.82) is 0 Å². The number of nitrogens with zero attached hydrogens (tertiary/aromatic N) is 2. The highest BCUT2D eigenvalue weighted by Gasteiger charge is 2.15. The topological polar surface area (TPSA) is 47.0 Å². The van der Waals surface area contributed by atoms with Gasteiger partial charge in [-0.2, -0.15) is 8.78 Å². The molecule has 1 N–H and O–H groups in total. The average molecular weight is 391 g/mol. The van der Waals surface area contributed by atoms with Crippen molar-refractivity contribution in [2.75, 3.05) is 12.4 Å². The number of ether oxygens (including phenoxy) is 1. The number of hydrogen-bond acceptors (Lipinski definition) is 4. The Balaban J connectivity index is 2.54. The van der Waals surface area contributed by atoms with Crippen molar-refractivity contribution in [3.8, 4) is 17.1 Å². The predicted octanol–water partition coefficient (Wildman–Crippen LogP) is 3.70. The minimum absolute atomic E-state index is 0.0603. The van der Waals surface area contributed by atoms with E-state index in [0.29, 0.717) is 17.2 Å². The lowest BCUT2D eigenvalue weighted by Crippen LogP contribution is -2.06. The molecule has 0 radical (unpaired) electrons. The molecule has 1 heterocycles. The summed E-state index contributed by atoms with van der Waals surface area (Å²) in [7, 11) is 1.75. The van der Waals surface area contributed by atoms with Crippen LogP contribution in [-0.4, -0.2) is 23.6 Å². The van der Waals surface area contributed by atoms with Gasteiger partial charge >= 0.3 is 6.61 Å². The monoisotopic (exact) mass is 391 g/mol. The standard InChI is InChI=1S/C13H12F2IN3O/c1-7-10(16)12(17-2)19-11(18-7)8-5-3-4-6-9(8)20-13(14)15/h3-6,13H,1-2H3,(H,17,18,19). The lowest BCUT2D eigenvalue weighted by molar-refractivity contribution is -0.0494. The molecule has 0 fully saturated rings. The Kier molecular flexibility index (Phi) is 4.69. The normalized spacial score (nSPS) is 10.7. The van der Waals surface area contributed by atoms with Crippen LogP contribution in [0.3, 0.4) is 0 Å². The molecule has 0 aliphatic carbocycles. The average Bonchev–Trinajstić information content (AvgIpc) is 2.42. The van der Waals surface area contributed by atoms with Crippen LogP contribution < -0.4 is 10.1 Å². The number of anilines is 1. The summed E-state index contributed by atoms with van der Waals surface area (Å²) >= 11 is 2.13. The van der Waals surface area contributed by atoms with E-state index in [2.05, 4.69) is 42.6 Å². The number of aryl methyl sites for hydroxylation is 1. The summed E-state index contributed by atoms with van der Waals surface area (Å²) in [6.45, 7) is -1.05. The molecule has 0 spiro atoms. The van der Waals surface area contributed by atoms with E-state index in [0.717, 1.165) is 9.26 Å². The maximum atomic E-state index is 12.4. The quantitative estimate of drug-likeness (QED) is 0.808. The van der Waals surface area contributed by atoms with Gasteiger partial charge in [0, 0.05) is 7.05 Å². The van der Waals surface area contributed by atoms with Gasteiger partial charge in [0.15, 0.2) is 5.82 Å². The molecule has 0 aliphatic rings. The molecular formula is C13H12F2IN3O. The van der Waals surface area contributed by atoms with Crippen molar-refractivity contribution >= 4 is 28.4 Å². The first-order valence-electron chi connectivity index (χ1n) is 5.79. The number of nitrogens with one attached hydrogen (secondary N) is 1. The first kappa shape index (κ1) is 14.9. The van der Waals surface area contributed by atoms with Gasteiger partial charge < -0.3 is 10.1 Å². The highest BCUT2D eigenvalue weighted by Crippen LogP contribution is 2.30. The van der Waals surface area contributed by atoms with Crippen molar-refractivity contribution in [3.05, 3.63) is 33.5 Å². The number of alkyl halides is 2. The third-order valence-electron chi connectivity index (χ3n) is 2.60. The van der Waals surface area contributed by atoms with E-state index in [1.54, 1.807) is 25.2 Å². The van der Waals surface area contributed by atoms with Crippen LogP contribution in [0, 0.1) is 10.5 Å². The highest BCUT2D eigenvalue weighted by molar-refractivity contribution is 14.1. The van der Waals surface area contributed by atoms with Crippen molar-refractivity contribution in [2.24, 2.45) is 0 Å². The zero-order valence-corrected chi connectivity index (χ0v) is 13.0. The minimum Gasteiger partial charge on any atom is -0.434 e. The van der Waals surface area contributed by atoms with Gasteiger partial charge in [0.1, 0.15) is 11.6 Å². The van der Waals surface area contributed by atoms with E-state index in [1.165, 1.54) is 6.07 Å². The van der Waals surface area contributed by atoms with Crippen LogP contribution in [0.5, 0.6) is 5.75 Å². The lowest BCUT2D eigenvalue weighted by atomic mass is 10.2. The number of aromatic nitrogens is 2. The molecular weight excluding hydrogens is 379 g/mol. The molecule has 2 rings (SSSR count). The summed E-state index contributed by atoms with van der Waals surface area (Å²) in [5, 5.41) is 2.96. The Hall–Kier alpha value is -1.51. The van der Waals surface area contributed by atoms with Crippen molar-refractivity contribution in [3.63, 3.8) is 0 Å². The molecule has 1 aromatic carbocycles. The molecule has 0 saturated carbocycles. The van der Waals surface area contributed by atoms with Gasteiger partial charge in [0.05, 0.1) is 14.8 Å². The Bertz CT molecular complexity index is 623. The van der Waals surface area contributed by atoms with E-state index < -0.39 is 6.61 Å². The molecule has 0 atom stereocenters. The van der Waals surface area contributed by atoms with E-state index in [9.17, 15) is 8.78 Å². The first-order chi connectivity index (χ1) is 9.52. The number of para-hydroxylation sites is 1. The van der Waals surface area contributed by atoms with Gasteiger partial charge in [0.2, 0.25) is 0 Å². The van der Waals surface area contributed by atoms with Crippen LogP contribution in [-0.2, 0) is 0 Å². The van der Waals surface area contributed by atoms with Gasteiger partial charge in [-0.25, -0.2) is 9.97 Å². The largest absolute Gasteiger partial charge is 0.434 e. The Labute approximate surface area is 128 Å². The first-order valence-corrected chi connectivity index (χ1v) is 6.87. The molecule has 0 bridgehead atoms. The zero-order chi connectivity index (χ0) is 14.7. The smallest absolute Gasteiger partial charge is 0.387 e. The second kappa shape index (κ2) is 6.29. The summed E-state index contributed by atoms with van der Waals surface area (Å²) in [5.74, 6) is 1.06. The van der Waals surface area contributed by atoms with Gasteiger partial charge in [-0.15, -0.1) is 0 Å². The van der Waals surface area contributed by atoms with Crippen molar-refractivity contribution in [2.45, 2.75) is 13.5 Å². The van der Waals surface area contributed by atoms with Gasteiger partial charge in [-0.1, -0.05) is 12.1 Å². The maximum Gasteiger partial charge on any atom is 0.387 e. The third kappa shape index (κ3) is 3.14. The number of rotatable bonds is 4. The highest BCUT2D eigenvalue weighted by atomic mass is 127. The van der Waals surface area contributed by atoms with Crippen molar-refractivity contribution < 1.29 is 13.5 Å². The van der Waals surface area contributed by atoms with Gasteiger partial charge in [-0.05, 0) is 41.6 Å². The summed E-state index contributed by atoms with van der Waals surface area (Å²) in [5.41, 5.74) is 1.20. The Morgan fingerprint density at radius 1 is 1.25 bits per heavy atom. The van der Waals surface area contributed by atoms with Crippen LogP contribution in [0.4, 0.5) is 14.6 Å². The predicted molar refractivity (Wildman–Crippen MR) is 81.1 cm³/mol. The van der Waals surface area contributed by atoms with E-state index in [4.69, 9.17) is 0 Å². The van der Waals surface area contributed by atoms with E-state index in [-0.39, 0.29) is 5.75 Å². The number of halogens is 3. The summed E-state index contributed by atoms with van der Waals surface area (Å²) in [6, 6.07) is 6.47. The second-order valence-electron chi connectivity index (χ2n) is 3.92. The Morgan fingerprint density at radius 2 is 1.95 bits per heavy atom. The molecule has 0 amide bonds. The molecule has 4 nitrogen and oxygen atoms in total. The third-order valence-corrected chi connectivity index (χ3v) is 3.89. The molecule has 0 unspecified atom stereocenters.